The van der Waals surface area contributed by atoms with Crippen molar-refractivity contribution in [2.45, 2.75) is 154 Å². The predicted molar refractivity (Wildman–Crippen MR) is 120 cm³/mol. The molecule has 2 heteroatoms. The van der Waals surface area contributed by atoms with Gasteiger partial charge in [-0.1, -0.05) is 142 Å². The van der Waals surface area contributed by atoms with Crippen LogP contribution in [0.4, 0.5) is 0 Å². The molecule has 0 aliphatic rings. The normalized spacial score (nSPS) is 12.7. The van der Waals surface area contributed by atoms with Crippen molar-refractivity contribution in [2.24, 2.45) is 0 Å². The molecule has 1 nitrogen and oxygen atoms in total. The van der Waals surface area contributed by atoms with E-state index in [0.717, 1.165) is 6.42 Å². The van der Waals surface area contributed by atoms with Gasteiger partial charge < -0.3 is 0 Å². The quantitative estimate of drug-likeness (QED) is 0.134. The fourth-order valence-corrected chi connectivity index (χ4v) is 4.04. The monoisotopic (exact) mass is 384 g/mol. The molecule has 0 aromatic carbocycles. The second-order valence-corrected chi connectivity index (χ2v) is 9.55. The Labute approximate surface area is 167 Å². The van der Waals surface area contributed by atoms with Crippen LogP contribution in [0.15, 0.2) is 0 Å². The van der Waals surface area contributed by atoms with Crippen LogP contribution in [0.3, 0.4) is 0 Å². The summed E-state index contributed by atoms with van der Waals surface area (Å²) in [5.74, 6) is 0. The second-order valence-electron chi connectivity index (χ2n) is 8.46. The van der Waals surface area contributed by atoms with E-state index in [1.54, 1.807) is 0 Å². The molecule has 0 fully saturated rings. The second kappa shape index (κ2) is 23.1. The smallest absolute Gasteiger partial charge is 0.158 e. The van der Waals surface area contributed by atoms with Crippen molar-refractivity contribution in [1.82, 2.24) is 0 Å². The minimum absolute atomic E-state index is 0.329. The zero-order valence-electron chi connectivity index (χ0n) is 18.3. The minimum atomic E-state index is 0.329. The number of hydrogen-bond donors (Lipinski definition) is 0. The molecule has 0 saturated heterocycles. The van der Waals surface area contributed by atoms with E-state index in [1.165, 1.54) is 128 Å². The van der Waals surface area contributed by atoms with E-state index in [-0.39, 0.29) is 0 Å². The van der Waals surface area contributed by atoms with E-state index < -0.39 is 0 Å². The molecule has 0 spiro atoms. The lowest BCUT2D eigenvalue weighted by Crippen LogP contribution is -1.90. The largest absolute Gasteiger partial charge is 0.275 e. The summed E-state index contributed by atoms with van der Waals surface area (Å²) in [5, 5.41) is 0. The summed E-state index contributed by atoms with van der Waals surface area (Å²) in [6, 6.07) is 0. The van der Waals surface area contributed by atoms with Gasteiger partial charge in [0.25, 0.3) is 0 Å². The van der Waals surface area contributed by atoms with Crippen molar-refractivity contribution in [3.05, 3.63) is 0 Å². The third kappa shape index (κ3) is 22.1. The van der Waals surface area contributed by atoms with Crippen molar-refractivity contribution in [3.8, 4) is 0 Å². The summed E-state index contributed by atoms with van der Waals surface area (Å²) >= 11 is 0. The van der Waals surface area contributed by atoms with E-state index in [4.69, 9.17) is 0 Å². The molecule has 26 heavy (non-hydrogen) atoms. The molecule has 0 rings (SSSR count). The zero-order chi connectivity index (χ0) is 19.1. The maximum atomic E-state index is 10.6. The van der Waals surface area contributed by atoms with Crippen LogP contribution in [0.1, 0.15) is 149 Å². The van der Waals surface area contributed by atoms with Crippen LogP contribution in [-0.4, -0.2) is 5.66 Å². The van der Waals surface area contributed by atoms with Crippen LogP contribution in [0, 0.1) is 0 Å². The molecular weight excluding hydrogens is 335 g/mol. The fraction of sp³-hybridized carbons (Fsp3) is 1.00. The van der Waals surface area contributed by atoms with Gasteiger partial charge in [-0.25, -0.2) is 0 Å². The van der Waals surface area contributed by atoms with Crippen LogP contribution < -0.4 is 0 Å². The molecule has 156 valence electrons. The van der Waals surface area contributed by atoms with Gasteiger partial charge in [0.15, 0.2) is 8.46 Å². The Kier molecular flexibility index (Phi) is 23.2. The highest BCUT2D eigenvalue weighted by Crippen LogP contribution is 2.17. The summed E-state index contributed by atoms with van der Waals surface area (Å²) in [6.07, 6.45) is 29.7. The molecule has 1 unspecified atom stereocenters. The summed E-state index contributed by atoms with van der Waals surface area (Å²) in [6.45, 7) is 4.37. The first-order valence-electron chi connectivity index (χ1n) is 12.1. The summed E-state index contributed by atoms with van der Waals surface area (Å²) < 4.78 is 10.6. The Morgan fingerprint density at radius 3 is 1.04 bits per heavy atom. The zero-order valence-corrected chi connectivity index (χ0v) is 19.2. The first-order chi connectivity index (χ1) is 12.8. The highest BCUT2D eigenvalue weighted by Gasteiger charge is 2.00. The molecule has 0 saturated carbocycles. The average molecular weight is 385 g/mol. The maximum Gasteiger partial charge on any atom is 0.158 e. The highest BCUT2D eigenvalue weighted by molar-refractivity contribution is 7.24. The summed E-state index contributed by atoms with van der Waals surface area (Å²) in [7, 11) is 0.329. The maximum absolute atomic E-state index is 10.6. The molecule has 0 aromatic rings. The molecule has 0 aliphatic carbocycles. The van der Waals surface area contributed by atoms with Gasteiger partial charge in [0.2, 0.25) is 0 Å². The van der Waals surface area contributed by atoms with Gasteiger partial charge in [0.05, 0.1) is 0 Å². The van der Waals surface area contributed by atoms with Crippen molar-refractivity contribution >= 4 is 8.46 Å². The minimum Gasteiger partial charge on any atom is -0.275 e. The van der Waals surface area contributed by atoms with Gasteiger partial charge in [-0.2, -0.15) is 0 Å². The third-order valence-corrected chi connectivity index (χ3v) is 6.27. The Hall–Kier alpha value is 0.100. The van der Waals surface area contributed by atoms with Gasteiger partial charge in [0.1, 0.15) is 0 Å². The van der Waals surface area contributed by atoms with Crippen LogP contribution in [-0.2, 0) is 4.57 Å². The molecule has 0 amide bonds. The molecule has 0 aromatic heterocycles. The van der Waals surface area contributed by atoms with Crippen LogP contribution in [0.25, 0.3) is 0 Å². The standard InChI is InChI=1S/C24H49OP/c1-3-4-5-6-7-8-9-10-11-12-13-14-15-16-17-18-19-20-21-22-23-24(2)26-25/h24H,3-23H2,1-2H3. The van der Waals surface area contributed by atoms with Crippen LogP contribution in [0.2, 0.25) is 0 Å². The fourth-order valence-electron chi connectivity index (χ4n) is 3.75. The highest BCUT2D eigenvalue weighted by atomic mass is 31.1. The summed E-state index contributed by atoms with van der Waals surface area (Å²) in [4.78, 5) is 0. The van der Waals surface area contributed by atoms with E-state index in [0.29, 0.717) is 14.1 Å². The Morgan fingerprint density at radius 1 is 0.500 bits per heavy atom. The van der Waals surface area contributed by atoms with Gasteiger partial charge in [-0.3, -0.25) is 4.57 Å². The van der Waals surface area contributed by atoms with E-state index in [9.17, 15) is 4.57 Å². The van der Waals surface area contributed by atoms with Gasteiger partial charge in [0, 0.05) is 5.66 Å². The molecule has 0 aliphatic heterocycles. The SMILES string of the molecule is CCCCCCCCCCCCCCCCCCCCCCC(C)P=O. The predicted octanol–water partition coefficient (Wildman–Crippen LogP) is 9.88. The van der Waals surface area contributed by atoms with Crippen LogP contribution in [0.5, 0.6) is 0 Å². The average Bonchev–Trinajstić information content (AvgIpc) is 2.66. The topological polar surface area (TPSA) is 17.1 Å². The number of unbranched alkanes of at least 4 members (excludes halogenated alkanes) is 19. The molecule has 0 radical (unpaired) electrons. The molecular formula is C24H49OP. The number of rotatable bonds is 22. The van der Waals surface area contributed by atoms with E-state index >= 15 is 0 Å². The lowest BCUT2D eigenvalue weighted by atomic mass is 10.0. The first kappa shape index (κ1) is 26.1. The van der Waals surface area contributed by atoms with E-state index in [2.05, 4.69) is 13.8 Å². The van der Waals surface area contributed by atoms with Crippen molar-refractivity contribution in [2.75, 3.05) is 0 Å². The lowest BCUT2D eigenvalue weighted by Gasteiger charge is -2.04. The first-order valence-corrected chi connectivity index (χ1v) is 13.0. The Balaban J connectivity index is 3.00. The van der Waals surface area contributed by atoms with Crippen molar-refractivity contribution < 1.29 is 4.57 Å². The molecule has 0 N–H and O–H groups in total. The lowest BCUT2D eigenvalue weighted by molar-refractivity contribution is 0.519. The van der Waals surface area contributed by atoms with Gasteiger partial charge in [-0.05, 0) is 6.42 Å². The molecule has 0 heterocycles. The molecule has 1 atom stereocenters. The van der Waals surface area contributed by atoms with Gasteiger partial charge >= 0.3 is 0 Å². The third-order valence-electron chi connectivity index (χ3n) is 5.66. The Morgan fingerprint density at radius 2 is 0.769 bits per heavy atom. The molecule has 0 bridgehead atoms. The summed E-state index contributed by atoms with van der Waals surface area (Å²) in [5.41, 5.74) is 0.366. The van der Waals surface area contributed by atoms with Crippen molar-refractivity contribution in [3.63, 3.8) is 0 Å². The van der Waals surface area contributed by atoms with Crippen LogP contribution >= 0.6 is 8.46 Å². The van der Waals surface area contributed by atoms with Crippen molar-refractivity contribution in [1.29, 1.82) is 0 Å². The Bertz CT molecular complexity index is 267. The number of hydrogen-bond acceptors (Lipinski definition) is 1. The van der Waals surface area contributed by atoms with Gasteiger partial charge in [-0.15, -0.1) is 0 Å². The van der Waals surface area contributed by atoms with E-state index in [1.807, 2.05) is 0 Å².